The van der Waals surface area contributed by atoms with E-state index in [0.29, 0.717) is 31.2 Å². The first-order chi connectivity index (χ1) is 13.7. The number of carbonyl (C=O) groups is 1. The maximum absolute atomic E-state index is 12.5. The summed E-state index contributed by atoms with van der Waals surface area (Å²) in [6, 6.07) is 16.3. The van der Waals surface area contributed by atoms with Crippen molar-refractivity contribution in [3.8, 4) is 11.5 Å². The van der Waals surface area contributed by atoms with Crippen molar-refractivity contribution < 1.29 is 9.32 Å². The number of nitrogens with zero attached hydrogens (tertiary/aromatic N) is 3. The zero-order valence-corrected chi connectivity index (χ0v) is 15.6. The number of fused-ring (bicyclic) bond motifs is 1. The maximum atomic E-state index is 12.5. The summed E-state index contributed by atoms with van der Waals surface area (Å²) in [6.45, 7) is 3.29. The Hall–Kier alpha value is -3.41. The van der Waals surface area contributed by atoms with E-state index in [9.17, 15) is 4.79 Å². The molecular weight excluding hydrogens is 352 g/mol. The zero-order valence-electron chi connectivity index (χ0n) is 15.6. The minimum atomic E-state index is -0.0379. The Bertz CT molecular complexity index is 1160. The minimum absolute atomic E-state index is 0.0379. The molecule has 140 valence electrons. The third-order valence-corrected chi connectivity index (χ3v) is 5.28. The summed E-state index contributed by atoms with van der Waals surface area (Å²) in [5, 5.41) is 5.29. The lowest BCUT2D eigenvalue weighted by molar-refractivity contribution is -0.128. The topological polar surface area (TPSA) is 75.0 Å². The molecule has 1 N–H and O–H groups in total. The molecule has 0 aliphatic carbocycles. The standard InChI is InChI=1S/C22H20N4O2/c1-14-3-2-4-15(9-14)12-26-13-18(11-20(26)27)21-24-22(28-25-21)17-6-5-16-7-8-23-19(16)10-17/h2-10,18,23H,11-13H2,1H3. The van der Waals surface area contributed by atoms with Crippen LogP contribution in [-0.2, 0) is 11.3 Å². The van der Waals surface area contributed by atoms with Gasteiger partial charge < -0.3 is 14.4 Å². The van der Waals surface area contributed by atoms with E-state index in [4.69, 9.17) is 4.52 Å². The number of rotatable bonds is 4. The van der Waals surface area contributed by atoms with Gasteiger partial charge in [-0.1, -0.05) is 41.1 Å². The van der Waals surface area contributed by atoms with Crippen LogP contribution in [0.25, 0.3) is 22.4 Å². The third kappa shape index (κ3) is 3.07. The van der Waals surface area contributed by atoms with Crippen LogP contribution in [0.15, 0.2) is 59.3 Å². The number of H-pyrrole nitrogens is 1. The number of likely N-dealkylation sites (tertiary alicyclic amines) is 1. The Morgan fingerprint density at radius 3 is 3.04 bits per heavy atom. The van der Waals surface area contributed by atoms with E-state index in [-0.39, 0.29) is 11.8 Å². The summed E-state index contributed by atoms with van der Waals surface area (Å²) in [5.74, 6) is 1.17. The van der Waals surface area contributed by atoms with Gasteiger partial charge in [0.05, 0.1) is 0 Å². The van der Waals surface area contributed by atoms with Crippen LogP contribution in [0.3, 0.4) is 0 Å². The Kier molecular flexibility index (Phi) is 3.97. The Labute approximate surface area is 162 Å². The van der Waals surface area contributed by atoms with Crippen LogP contribution >= 0.6 is 0 Å². The molecule has 0 radical (unpaired) electrons. The summed E-state index contributed by atoms with van der Waals surface area (Å²) in [7, 11) is 0. The summed E-state index contributed by atoms with van der Waals surface area (Å²) in [4.78, 5) is 22.1. The molecule has 0 bridgehead atoms. The number of hydrogen-bond acceptors (Lipinski definition) is 4. The molecule has 6 nitrogen and oxygen atoms in total. The van der Waals surface area contributed by atoms with E-state index in [2.05, 4.69) is 40.2 Å². The van der Waals surface area contributed by atoms with E-state index >= 15 is 0 Å². The molecule has 1 amide bonds. The fourth-order valence-electron chi connectivity index (χ4n) is 3.83. The van der Waals surface area contributed by atoms with Crippen molar-refractivity contribution in [2.75, 3.05) is 6.54 Å². The highest BCUT2D eigenvalue weighted by molar-refractivity contribution is 5.83. The highest BCUT2D eigenvalue weighted by Crippen LogP contribution is 2.30. The predicted molar refractivity (Wildman–Crippen MR) is 106 cm³/mol. The lowest BCUT2D eigenvalue weighted by atomic mass is 10.1. The van der Waals surface area contributed by atoms with E-state index in [0.717, 1.165) is 22.0 Å². The highest BCUT2D eigenvalue weighted by Gasteiger charge is 2.33. The van der Waals surface area contributed by atoms with Crippen molar-refractivity contribution in [1.29, 1.82) is 0 Å². The van der Waals surface area contributed by atoms with Crippen molar-refractivity contribution in [2.45, 2.75) is 25.8 Å². The van der Waals surface area contributed by atoms with Gasteiger partial charge in [-0.15, -0.1) is 0 Å². The molecule has 1 saturated heterocycles. The average molecular weight is 372 g/mol. The number of aromatic amines is 1. The van der Waals surface area contributed by atoms with Crippen molar-refractivity contribution in [2.24, 2.45) is 0 Å². The van der Waals surface area contributed by atoms with Gasteiger partial charge in [-0.3, -0.25) is 4.79 Å². The fourth-order valence-corrected chi connectivity index (χ4v) is 3.83. The van der Waals surface area contributed by atoms with Gasteiger partial charge >= 0.3 is 0 Å². The first-order valence-corrected chi connectivity index (χ1v) is 9.40. The Morgan fingerprint density at radius 1 is 1.21 bits per heavy atom. The van der Waals surface area contributed by atoms with Crippen molar-refractivity contribution >= 4 is 16.8 Å². The first kappa shape index (κ1) is 16.7. The normalized spacial score (nSPS) is 17.0. The van der Waals surface area contributed by atoms with Crippen LogP contribution < -0.4 is 0 Å². The molecule has 1 fully saturated rings. The molecule has 1 atom stereocenters. The molecule has 4 aromatic rings. The predicted octanol–water partition coefficient (Wildman–Crippen LogP) is 4.04. The molecular formula is C22H20N4O2. The number of aryl methyl sites for hydroxylation is 1. The molecule has 0 saturated carbocycles. The summed E-state index contributed by atoms with van der Waals surface area (Å²) < 4.78 is 5.49. The number of benzene rings is 2. The van der Waals surface area contributed by atoms with Gasteiger partial charge in [0.25, 0.3) is 5.89 Å². The third-order valence-electron chi connectivity index (χ3n) is 5.28. The van der Waals surface area contributed by atoms with E-state index in [1.54, 1.807) is 0 Å². The molecule has 5 rings (SSSR count). The van der Waals surface area contributed by atoms with Crippen LogP contribution in [0.1, 0.15) is 29.3 Å². The van der Waals surface area contributed by atoms with Crippen LogP contribution in [0, 0.1) is 6.92 Å². The van der Waals surface area contributed by atoms with Crippen LogP contribution in [0.2, 0.25) is 0 Å². The molecule has 2 aromatic carbocycles. The van der Waals surface area contributed by atoms with Gasteiger partial charge in [-0.25, -0.2) is 0 Å². The molecule has 6 heteroatoms. The summed E-state index contributed by atoms with van der Waals surface area (Å²) in [6.07, 6.45) is 2.32. The number of nitrogens with one attached hydrogen (secondary N) is 1. The Balaban J connectivity index is 1.33. The molecule has 0 spiro atoms. The monoisotopic (exact) mass is 372 g/mol. The molecule has 1 aliphatic heterocycles. The number of aromatic nitrogens is 3. The lowest BCUT2D eigenvalue weighted by Gasteiger charge is -2.16. The van der Waals surface area contributed by atoms with Crippen molar-refractivity contribution in [3.05, 3.63) is 71.7 Å². The molecule has 1 aliphatic rings. The fraction of sp³-hybridized carbons (Fsp3) is 0.227. The second kappa shape index (κ2) is 6.64. The van der Waals surface area contributed by atoms with E-state index < -0.39 is 0 Å². The van der Waals surface area contributed by atoms with Crippen molar-refractivity contribution in [3.63, 3.8) is 0 Å². The van der Waals surface area contributed by atoms with E-state index in [1.807, 2.05) is 41.4 Å². The van der Waals surface area contributed by atoms with Gasteiger partial charge in [0, 0.05) is 42.7 Å². The maximum Gasteiger partial charge on any atom is 0.258 e. The average Bonchev–Trinajstić information content (AvgIpc) is 3.41. The molecule has 3 heterocycles. The van der Waals surface area contributed by atoms with Gasteiger partial charge in [0.1, 0.15) is 0 Å². The van der Waals surface area contributed by atoms with Crippen LogP contribution in [0.4, 0.5) is 0 Å². The van der Waals surface area contributed by atoms with E-state index in [1.165, 1.54) is 5.56 Å². The van der Waals surface area contributed by atoms with Crippen molar-refractivity contribution in [1.82, 2.24) is 20.0 Å². The number of carbonyl (C=O) groups excluding carboxylic acids is 1. The largest absolute Gasteiger partial charge is 0.361 e. The number of hydrogen-bond donors (Lipinski definition) is 1. The SMILES string of the molecule is Cc1cccc(CN2CC(c3noc(-c4ccc5cc[nH]c5c4)n3)CC2=O)c1. The van der Waals surface area contributed by atoms with Gasteiger partial charge in [0.15, 0.2) is 5.82 Å². The molecule has 1 unspecified atom stereocenters. The minimum Gasteiger partial charge on any atom is -0.361 e. The van der Waals surface area contributed by atoms with Gasteiger partial charge in [-0.05, 0) is 36.1 Å². The Morgan fingerprint density at radius 2 is 2.14 bits per heavy atom. The second-order valence-corrected chi connectivity index (χ2v) is 7.40. The van der Waals surface area contributed by atoms with Crippen LogP contribution in [0.5, 0.6) is 0 Å². The highest BCUT2D eigenvalue weighted by atomic mass is 16.5. The second-order valence-electron chi connectivity index (χ2n) is 7.40. The number of amides is 1. The molecule has 2 aromatic heterocycles. The van der Waals surface area contributed by atoms with Gasteiger partial charge in [0.2, 0.25) is 5.91 Å². The quantitative estimate of drug-likeness (QED) is 0.587. The van der Waals surface area contributed by atoms with Crippen LogP contribution in [-0.4, -0.2) is 32.5 Å². The summed E-state index contributed by atoms with van der Waals surface area (Å²) >= 11 is 0. The summed E-state index contributed by atoms with van der Waals surface area (Å²) in [5.41, 5.74) is 4.23. The first-order valence-electron chi connectivity index (χ1n) is 9.40. The molecule has 28 heavy (non-hydrogen) atoms. The zero-order chi connectivity index (χ0) is 19.1. The smallest absolute Gasteiger partial charge is 0.258 e. The lowest BCUT2D eigenvalue weighted by Crippen LogP contribution is -2.24. The van der Waals surface area contributed by atoms with Gasteiger partial charge in [-0.2, -0.15) is 4.98 Å².